The van der Waals surface area contributed by atoms with Crippen LogP contribution in [0.4, 0.5) is 4.79 Å². The first-order chi connectivity index (χ1) is 15.1. The van der Waals surface area contributed by atoms with Gasteiger partial charge < -0.3 is 4.90 Å². The van der Waals surface area contributed by atoms with Crippen LogP contribution < -0.4 is 10.9 Å². The van der Waals surface area contributed by atoms with Crippen molar-refractivity contribution in [2.24, 2.45) is 0 Å². The minimum Gasteiger partial charge on any atom is -0.309 e. The molecule has 2 bridgehead atoms. The first-order valence-electron chi connectivity index (χ1n) is 9.14. The SMILES string of the molecule is O=C(C#CC(=O)NNC(=O)[C@@H]1CC[C@@H]2CN1C(=O)N2OS(=O)(=O)O)C#Cc1ccccc1. The van der Waals surface area contributed by atoms with E-state index in [2.05, 4.69) is 21.6 Å². The number of rotatable bonds is 3. The van der Waals surface area contributed by atoms with Crippen molar-refractivity contribution in [2.75, 3.05) is 6.54 Å². The lowest BCUT2D eigenvalue weighted by molar-refractivity contribution is -0.130. The maximum Gasteiger partial charge on any atom is 0.418 e. The number of carbonyl (C=O) groups is 4. The molecule has 1 aromatic carbocycles. The third-order valence-electron chi connectivity index (χ3n) is 4.48. The molecule has 32 heavy (non-hydrogen) atoms. The first kappa shape index (κ1) is 22.8. The summed E-state index contributed by atoms with van der Waals surface area (Å²) < 4.78 is 34.8. The normalized spacial score (nSPS) is 19.2. The van der Waals surface area contributed by atoms with Crippen molar-refractivity contribution in [3.05, 3.63) is 35.9 Å². The molecule has 2 aliphatic heterocycles. The molecule has 0 unspecified atom stereocenters. The molecule has 4 amide bonds. The number of fused-ring (bicyclic) bond motifs is 2. The number of urea groups is 1. The third-order valence-corrected chi connectivity index (χ3v) is 4.83. The zero-order valence-electron chi connectivity index (χ0n) is 16.3. The van der Waals surface area contributed by atoms with Gasteiger partial charge in [0, 0.05) is 18.0 Å². The van der Waals surface area contributed by atoms with E-state index in [-0.39, 0.29) is 19.4 Å². The fourth-order valence-electron chi connectivity index (χ4n) is 3.13. The van der Waals surface area contributed by atoms with Crippen molar-refractivity contribution in [1.82, 2.24) is 20.8 Å². The van der Waals surface area contributed by atoms with Gasteiger partial charge in [-0.3, -0.25) is 29.8 Å². The number of carbonyl (C=O) groups excluding carboxylic acids is 4. The van der Waals surface area contributed by atoms with Gasteiger partial charge in [-0.15, -0.1) is 4.28 Å². The van der Waals surface area contributed by atoms with Gasteiger partial charge in [0.2, 0.25) is 0 Å². The van der Waals surface area contributed by atoms with Gasteiger partial charge in [0.25, 0.3) is 11.7 Å². The van der Waals surface area contributed by atoms with Gasteiger partial charge in [-0.2, -0.15) is 13.5 Å². The van der Waals surface area contributed by atoms with Gasteiger partial charge in [-0.05, 0) is 36.8 Å². The van der Waals surface area contributed by atoms with Crippen LogP contribution in [-0.2, 0) is 29.1 Å². The molecule has 0 aliphatic carbocycles. The molecular formula is C19H16N4O8S. The van der Waals surface area contributed by atoms with Gasteiger partial charge in [0.05, 0.1) is 6.04 Å². The van der Waals surface area contributed by atoms with Crippen LogP contribution in [0, 0.1) is 23.7 Å². The lowest BCUT2D eigenvalue weighted by Crippen LogP contribution is -2.54. The highest BCUT2D eigenvalue weighted by molar-refractivity contribution is 7.80. The van der Waals surface area contributed by atoms with Gasteiger partial charge in [-0.25, -0.2) is 4.79 Å². The average molecular weight is 460 g/mol. The Morgan fingerprint density at radius 1 is 1.06 bits per heavy atom. The van der Waals surface area contributed by atoms with E-state index in [0.29, 0.717) is 10.6 Å². The Balaban J connectivity index is 1.52. The topological polar surface area (TPSA) is 162 Å². The fraction of sp³-hybridized carbons (Fsp3) is 0.263. The van der Waals surface area contributed by atoms with E-state index in [1.165, 1.54) is 0 Å². The smallest absolute Gasteiger partial charge is 0.309 e. The molecule has 2 heterocycles. The Hall–Kier alpha value is -3.91. The number of ketones is 1. The van der Waals surface area contributed by atoms with Crippen molar-refractivity contribution in [3.63, 3.8) is 0 Å². The molecule has 2 saturated heterocycles. The van der Waals surface area contributed by atoms with Crippen LogP contribution >= 0.6 is 0 Å². The van der Waals surface area contributed by atoms with E-state index in [4.69, 9.17) is 4.55 Å². The first-order valence-corrected chi connectivity index (χ1v) is 10.5. The highest BCUT2D eigenvalue weighted by Gasteiger charge is 2.49. The number of hydrogen-bond acceptors (Lipinski definition) is 7. The van der Waals surface area contributed by atoms with Crippen molar-refractivity contribution in [1.29, 1.82) is 0 Å². The number of benzene rings is 1. The molecule has 13 heteroatoms. The molecule has 2 aliphatic rings. The predicted molar refractivity (Wildman–Crippen MR) is 106 cm³/mol. The molecular weight excluding hydrogens is 444 g/mol. The molecule has 12 nitrogen and oxygen atoms in total. The zero-order valence-corrected chi connectivity index (χ0v) is 17.1. The molecule has 3 N–H and O–H groups in total. The number of nitrogens with zero attached hydrogens (tertiary/aromatic N) is 2. The van der Waals surface area contributed by atoms with E-state index < -0.39 is 46.1 Å². The Bertz CT molecular complexity index is 1180. The van der Waals surface area contributed by atoms with E-state index >= 15 is 0 Å². The third kappa shape index (κ3) is 5.83. The summed E-state index contributed by atoms with van der Waals surface area (Å²) in [6, 6.07) is 6.09. The van der Waals surface area contributed by atoms with Crippen molar-refractivity contribution >= 4 is 34.0 Å². The predicted octanol–water partition coefficient (Wildman–Crippen LogP) is -1.24. The van der Waals surface area contributed by atoms with Gasteiger partial charge >= 0.3 is 22.3 Å². The highest BCUT2D eigenvalue weighted by atomic mass is 32.3. The maximum absolute atomic E-state index is 12.3. The molecule has 2 fully saturated rings. The molecule has 0 saturated carbocycles. The Kier molecular flexibility index (Phi) is 6.75. The van der Waals surface area contributed by atoms with Gasteiger partial charge in [0.15, 0.2) is 0 Å². The molecule has 3 rings (SSSR count). The number of nitrogens with one attached hydrogen (secondary N) is 2. The molecule has 166 valence electrons. The lowest BCUT2D eigenvalue weighted by atomic mass is 10.0. The summed E-state index contributed by atoms with van der Waals surface area (Å²) in [5.41, 5.74) is 4.69. The molecule has 0 radical (unpaired) electrons. The maximum atomic E-state index is 12.3. The lowest BCUT2D eigenvalue weighted by Gasteiger charge is -2.28. The van der Waals surface area contributed by atoms with E-state index in [1.54, 1.807) is 30.3 Å². The summed E-state index contributed by atoms with van der Waals surface area (Å²) in [6.07, 6.45) is 0.376. The van der Waals surface area contributed by atoms with Crippen LogP contribution in [0.15, 0.2) is 30.3 Å². The second-order valence-corrected chi connectivity index (χ2v) is 7.65. The second kappa shape index (κ2) is 9.49. The van der Waals surface area contributed by atoms with E-state index in [0.717, 1.165) is 4.90 Å². The van der Waals surface area contributed by atoms with Crippen molar-refractivity contribution < 1.29 is 36.4 Å². The van der Waals surface area contributed by atoms with Gasteiger partial charge in [-0.1, -0.05) is 24.1 Å². The Morgan fingerprint density at radius 3 is 2.47 bits per heavy atom. The van der Waals surface area contributed by atoms with Crippen LogP contribution in [-0.4, -0.2) is 65.2 Å². The molecule has 0 spiro atoms. The molecule has 1 aromatic rings. The number of hydrogen-bond donors (Lipinski definition) is 3. The van der Waals surface area contributed by atoms with Crippen LogP contribution in [0.1, 0.15) is 18.4 Å². The summed E-state index contributed by atoms with van der Waals surface area (Å²) in [5, 5.41) is 0.495. The van der Waals surface area contributed by atoms with Crippen LogP contribution in [0.25, 0.3) is 0 Å². The average Bonchev–Trinajstić information content (AvgIpc) is 2.98. The summed E-state index contributed by atoms with van der Waals surface area (Å²) in [7, 11) is -4.90. The summed E-state index contributed by atoms with van der Waals surface area (Å²) in [4.78, 5) is 49.0. The quantitative estimate of drug-likeness (QED) is 0.218. The fourth-order valence-corrected chi connectivity index (χ4v) is 3.52. The monoisotopic (exact) mass is 460 g/mol. The van der Waals surface area contributed by atoms with E-state index in [9.17, 15) is 27.6 Å². The number of hydrazine groups is 1. The Morgan fingerprint density at radius 2 is 1.78 bits per heavy atom. The highest BCUT2D eigenvalue weighted by Crippen LogP contribution is 2.30. The standard InChI is InChI=1S/C19H16N4O8S/c24-15(8-6-13-4-2-1-3-5-13)9-11-17(25)20-21-18(26)16-10-7-14-12-22(16)19(27)23(14)31-32(28,29)30/h1-5,14,16H,7,10,12H2,(H,20,25)(H,21,26)(H,28,29,30)/t14-,16+/m1/s1. The largest absolute Gasteiger partial charge is 0.418 e. The minimum atomic E-state index is -4.90. The number of Topliss-reactive ketones (excluding diaryl/α,β-unsaturated/α-hetero) is 1. The summed E-state index contributed by atoms with van der Waals surface area (Å²) in [6.45, 7) is -0.00518. The van der Waals surface area contributed by atoms with Gasteiger partial charge in [0.1, 0.15) is 6.04 Å². The number of hydroxylamine groups is 2. The van der Waals surface area contributed by atoms with Crippen molar-refractivity contribution in [3.8, 4) is 23.7 Å². The summed E-state index contributed by atoms with van der Waals surface area (Å²) in [5.74, 6) is 6.33. The Labute approximate surface area is 182 Å². The number of piperidine rings is 1. The van der Waals surface area contributed by atoms with E-state index in [1.807, 2.05) is 17.3 Å². The summed E-state index contributed by atoms with van der Waals surface area (Å²) >= 11 is 0. The minimum absolute atomic E-state index is 0.00518. The van der Waals surface area contributed by atoms with Crippen LogP contribution in [0.2, 0.25) is 0 Å². The second-order valence-electron chi connectivity index (χ2n) is 6.65. The molecule has 0 aromatic heterocycles. The molecule has 2 atom stereocenters. The van der Waals surface area contributed by atoms with Crippen molar-refractivity contribution in [2.45, 2.75) is 24.9 Å². The number of amides is 4. The van der Waals surface area contributed by atoms with Crippen LogP contribution in [0.3, 0.4) is 0 Å². The van der Waals surface area contributed by atoms with Crippen LogP contribution in [0.5, 0.6) is 0 Å². The zero-order chi connectivity index (χ0) is 23.3.